The average molecular weight is 288 g/mol. The van der Waals surface area contributed by atoms with Crippen LogP contribution in [0, 0.1) is 11.3 Å². The molecule has 3 rings (SSSR count). The van der Waals surface area contributed by atoms with Crippen molar-refractivity contribution in [1.29, 1.82) is 5.26 Å². The molecule has 1 aliphatic rings. The highest BCUT2D eigenvalue weighted by Crippen LogP contribution is 2.27. The van der Waals surface area contributed by atoms with Gasteiger partial charge in [0.15, 0.2) is 0 Å². The molecule has 1 aliphatic heterocycles. The van der Waals surface area contributed by atoms with Crippen LogP contribution in [-0.2, 0) is 6.54 Å². The molecule has 0 aliphatic carbocycles. The Balaban J connectivity index is 1.70. The number of aliphatic hydroxyl groups is 1. The number of nitriles is 1. The second-order valence-electron chi connectivity index (χ2n) is 5.14. The van der Waals surface area contributed by atoms with Gasteiger partial charge in [0.05, 0.1) is 23.1 Å². The van der Waals surface area contributed by atoms with Crippen molar-refractivity contribution in [3.8, 4) is 6.07 Å². The highest BCUT2D eigenvalue weighted by atomic mass is 32.2. The lowest BCUT2D eigenvalue weighted by atomic mass is 10.0. The van der Waals surface area contributed by atoms with E-state index in [0.29, 0.717) is 18.7 Å². The average Bonchev–Trinajstić information content (AvgIpc) is 3.06. The molecule has 5 nitrogen and oxygen atoms in total. The number of nitrogens with one attached hydrogen (secondary N) is 1. The van der Waals surface area contributed by atoms with Crippen molar-refractivity contribution in [2.75, 3.05) is 18.1 Å². The molecule has 1 saturated heterocycles. The van der Waals surface area contributed by atoms with Crippen molar-refractivity contribution >= 4 is 17.4 Å². The summed E-state index contributed by atoms with van der Waals surface area (Å²) in [4.78, 5) is 4.31. The molecule has 1 unspecified atom stereocenters. The van der Waals surface area contributed by atoms with E-state index in [4.69, 9.17) is 5.26 Å². The third kappa shape index (κ3) is 2.66. The second-order valence-corrected chi connectivity index (χ2v) is 6.24. The van der Waals surface area contributed by atoms with Gasteiger partial charge >= 0.3 is 0 Å². The van der Waals surface area contributed by atoms with Crippen molar-refractivity contribution in [3.05, 3.63) is 35.8 Å². The maximum absolute atomic E-state index is 10.3. The summed E-state index contributed by atoms with van der Waals surface area (Å²) in [5.41, 5.74) is 1.85. The van der Waals surface area contributed by atoms with Gasteiger partial charge in [-0.1, -0.05) is 0 Å². The SMILES string of the molecule is N#Cc1ccc2ncc(CNCC3(O)CCSC3)n2c1. The first kappa shape index (κ1) is 13.4. The molecule has 0 amide bonds. The Morgan fingerprint density at radius 3 is 3.20 bits per heavy atom. The van der Waals surface area contributed by atoms with Gasteiger partial charge in [0.1, 0.15) is 11.7 Å². The van der Waals surface area contributed by atoms with E-state index in [1.807, 2.05) is 10.5 Å². The fourth-order valence-electron chi connectivity index (χ4n) is 2.39. The van der Waals surface area contributed by atoms with E-state index in [9.17, 15) is 5.11 Å². The fourth-order valence-corrected chi connectivity index (χ4v) is 3.68. The number of aromatic nitrogens is 2. The van der Waals surface area contributed by atoms with E-state index in [1.165, 1.54) is 0 Å². The van der Waals surface area contributed by atoms with Gasteiger partial charge in [-0.05, 0) is 24.3 Å². The van der Waals surface area contributed by atoms with Gasteiger partial charge in [-0.25, -0.2) is 4.98 Å². The lowest BCUT2D eigenvalue weighted by Crippen LogP contribution is -2.40. The fraction of sp³-hybridized carbons (Fsp3) is 0.429. The third-order valence-electron chi connectivity index (χ3n) is 3.55. The van der Waals surface area contributed by atoms with Crippen LogP contribution in [0.5, 0.6) is 0 Å². The minimum absolute atomic E-state index is 0.580. The Labute approximate surface area is 121 Å². The van der Waals surface area contributed by atoms with Crippen LogP contribution in [0.3, 0.4) is 0 Å². The van der Waals surface area contributed by atoms with Gasteiger partial charge in [0, 0.05) is 25.0 Å². The summed E-state index contributed by atoms with van der Waals surface area (Å²) in [7, 11) is 0. The summed E-state index contributed by atoms with van der Waals surface area (Å²) in [5, 5.41) is 22.5. The summed E-state index contributed by atoms with van der Waals surface area (Å²) in [5.74, 6) is 1.82. The van der Waals surface area contributed by atoms with E-state index in [0.717, 1.165) is 29.3 Å². The van der Waals surface area contributed by atoms with Crippen LogP contribution < -0.4 is 5.32 Å². The minimum Gasteiger partial charge on any atom is -0.388 e. The molecule has 2 aromatic rings. The quantitative estimate of drug-likeness (QED) is 0.883. The third-order valence-corrected chi connectivity index (χ3v) is 4.79. The van der Waals surface area contributed by atoms with E-state index >= 15 is 0 Å². The molecule has 2 aromatic heterocycles. The molecule has 104 valence electrons. The van der Waals surface area contributed by atoms with Crippen LogP contribution in [0.25, 0.3) is 5.65 Å². The van der Waals surface area contributed by atoms with Gasteiger partial charge in [-0.2, -0.15) is 17.0 Å². The number of hydrogen-bond acceptors (Lipinski definition) is 5. The maximum atomic E-state index is 10.3. The predicted molar refractivity (Wildman–Crippen MR) is 78.5 cm³/mol. The van der Waals surface area contributed by atoms with Crippen LogP contribution >= 0.6 is 11.8 Å². The zero-order valence-electron chi connectivity index (χ0n) is 11.0. The van der Waals surface area contributed by atoms with Gasteiger partial charge < -0.3 is 14.8 Å². The summed E-state index contributed by atoms with van der Waals surface area (Å²) in [6, 6.07) is 5.73. The van der Waals surface area contributed by atoms with Crippen LogP contribution in [0.2, 0.25) is 0 Å². The van der Waals surface area contributed by atoms with Crippen molar-refractivity contribution in [1.82, 2.24) is 14.7 Å². The first-order valence-electron chi connectivity index (χ1n) is 6.57. The zero-order valence-corrected chi connectivity index (χ0v) is 11.9. The summed E-state index contributed by atoms with van der Waals surface area (Å²) >= 11 is 1.79. The molecular weight excluding hydrogens is 272 g/mol. The van der Waals surface area contributed by atoms with Crippen molar-refractivity contribution in [2.45, 2.75) is 18.6 Å². The number of rotatable bonds is 4. The van der Waals surface area contributed by atoms with Gasteiger partial charge in [0.25, 0.3) is 0 Å². The Morgan fingerprint density at radius 1 is 1.55 bits per heavy atom. The molecule has 1 atom stereocenters. The topological polar surface area (TPSA) is 73.3 Å². The monoisotopic (exact) mass is 288 g/mol. The second kappa shape index (κ2) is 5.44. The number of nitrogens with zero attached hydrogens (tertiary/aromatic N) is 3. The van der Waals surface area contributed by atoms with E-state index in [1.54, 1.807) is 30.2 Å². The lowest BCUT2D eigenvalue weighted by Gasteiger charge is -2.21. The van der Waals surface area contributed by atoms with E-state index < -0.39 is 5.60 Å². The van der Waals surface area contributed by atoms with Crippen molar-refractivity contribution in [2.24, 2.45) is 0 Å². The Hall–Kier alpha value is -1.55. The number of thioether (sulfide) groups is 1. The van der Waals surface area contributed by atoms with Gasteiger partial charge in [-0.15, -0.1) is 0 Å². The smallest absolute Gasteiger partial charge is 0.137 e. The highest BCUT2D eigenvalue weighted by Gasteiger charge is 2.31. The van der Waals surface area contributed by atoms with E-state index in [-0.39, 0.29) is 0 Å². The zero-order chi connectivity index (χ0) is 14.0. The Morgan fingerprint density at radius 2 is 2.45 bits per heavy atom. The summed E-state index contributed by atoms with van der Waals surface area (Å²) < 4.78 is 1.92. The molecule has 20 heavy (non-hydrogen) atoms. The van der Waals surface area contributed by atoms with Gasteiger partial charge in [0.2, 0.25) is 0 Å². The molecule has 0 aromatic carbocycles. The number of hydrogen-bond donors (Lipinski definition) is 2. The highest BCUT2D eigenvalue weighted by molar-refractivity contribution is 7.99. The van der Waals surface area contributed by atoms with Crippen LogP contribution in [0.15, 0.2) is 24.5 Å². The molecule has 1 fully saturated rings. The molecule has 6 heteroatoms. The van der Waals surface area contributed by atoms with Crippen molar-refractivity contribution < 1.29 is 5.11 Å². The maximum Gasteiger partial charge on any atom is 0.137 e. The Kier molecular flexibility index (Phi) is 3.66. The van der Waals surface area contributed by atoms with Crippen LogP contribution in [-0.4, -0.2) is 38.1 Å². The molecule has 0 bridgehead atoms. The lowest BCUT2D eigenvalue weighted by molar-refractivity contribution is 0.0673. The molecule has 0 spiro atoms. The minimum atomic E-state index is -0.580. The molecule has 0 radical (unpaired) electrons. The first-order chi connectivity index (χ1) is 9.70. The number of fused-ring (bicyclic) bond motifs is 1. The summed E-state index contributed by atoms with van der Waals surface area (Å²) in [6.07, 6.45) is 4.44. The van der Waals surface area contributed by atoms with E-state index in [2.05, 4.69) is 16.4 Å². The largest absolute Gasteiger partial charge is 0.388 e. The van der Waals surface area contributed by atoms with Gasteiger partial charge in [-0.3, -0.25) is 0 Å². The predicted octanol–water partition coefficient (Wildman–Crippen LogP) is 1.16. The van der Waals surface area contributed by atoms with Crippen molar-refractivity contribution in [3.63, 3.8) is 0 Å². The Bertz CT molecular complexity index is 655. The standard InChI is InChI=1S/C14H16N4OS/c15-5-11-1-2-13-17-7-12(18(13)8-11)6-16-9-14(19)3-4-20-10-14/h1-2,7-8,16,19H,3-4,6,9-10H2. The normalized spacial score (nSPS) is 22.2. The molecule has 3 heterocycles. The molecule has 2 N–H and O–H groups in total. The van der Waals surface area contributed by atoms with Crippen LogP contribution in [0.1, 0.15) is 17.7 Å². The number of imidazole rings is 1. The molecular formula is C14H16N4OS. The summed E-state index contributed by atoms with van der Waals surface area (Å²) in [6.45, 7) is 1.22. The van der Waals surface area contributed by atoms with Crippen LogP contribution in [0.4, 0.5) is 0 Å². The number of pyridine rings is 1. The first-order valence-corrected chi connectivity index (χ1v) is 7.73. The molecule has 0 saturated carbocycles.